The number of aromatic hydroxyl groups is 1. The van der Waals surface area contributed by atoms with Gasteiger partial charge in [0.25, 0.3) is 5.92 Å². The minimum atomic E-state index is -2.54. The lowest BCUT2D eigenvalue weighted by atomic mass is 9.89. The van der Waals surface area contributed by atoms with Crippen LogP contribution in [-0.2, 0) is 6.42 Å². The van der Waals surface area contributed by atoms with Gasteiger partial charge in [0.05, 0.1) is 22.8 Å². The lowest BCUT2D eigenvalue weighted by Crippen LogP contribution is -2.40. The molecular weight excluding hydrogens is 516 g/mol. The summed E-state index contributed by atoms with van der Waals surface area (Å²) < 4.78 is 27.6. The van der Waals surface area contributed by atoms with E-state index < -0.39 is 5.92 Å². The van der Waals surface area contributed by atoms with Crippen molar-refractivity contribution in [1.29, 1.82) is 0 Å². The predicted octanol–water partition coefficient (Wildman–Crippen LogP) is 8.31. The number of alkyl halides is 2. The van der Waals surface area contributed by atoms with E-state index >= 15 is 0 Å². The minimum absolute atomic E-state index is 0.0187. The number of benzene rings is 2. The first-order valence-corrected chi connectivity index (χ1v) is 14.6. The Morgan fingerprint density at radius 2 is 1.90 bits per heavy atom. The van der Waals surface area contributed by atoms with Crippen LogP contribution >= 0.6 is 11.6 Å². The Morgan fingerprint density at radius 1 is 1.13 bits per heavy atom. The molecule has 6 rings (SSSR count). The quantitative estimate of drug-likeness (QED) is 0.310. The number of hydrogen-bond donors (Lipinski definition) is 2. The van der Waals surface area contributed by atoms with Gasteiger partial charge in [-0.3, -0.25) is 9.88 Å². The number of likely N-dealkylation sites (tertiary alicyclic amines) is 1. The van der Waals surface area contributed by atoms with Crippen LogP contribution in [0, 0.1) is 5.92 Å². The lowest BCUT2D eigenvalue weighted by Gasteiger charge is -2.35. The number of aryl methyl sites for hydroxylation is 1. The standard InChI is InChI=1S/C32H36ClF2N3O/c1-3-20-14-23(16-28(33)31(20)39)22-6-11-29-26(15-22)30(27(17-36-29)19(2)21-4-5-21)37-24-7-9-25(10-8-24)38-13-12-32(34,35)18-38/h6,11,14-17,21,24-25,39H,2-5,7-10,12-13,18H2,1H3,(H,36,37). The third-order valence-electron chi connectivity index (χ3n) is 8.90. The molecule has 7 heteroatoms. The maximum atomic E-state index is 13.8. The molecule has 2 heterocycles. The third-order valence-corrected chi connectivity index (χ3v) is 9.19. The molecule has 0 unspecified atom stereocenters. The molecule has 0 radical (unpaired) electrons. The molecule has 3 fully saturated rings. The molecule has 1 saturated heterocycles. The molecule has 0 atom stereocenters. The fourth-order valence-electron chi connectivity index (χ4n) is 6.38. The largest absolute Gasteiger partial charge is 0.506 e. The second kappa shape index (κ2) is 10.4. The highest BCUT2D eigenvalue weighted by molar-refractivity contribution is 6.32. The van der Waals surface area contributed by atoms with Crippen LogP contribution in [0.15, 0.2) is 43.1 Å². The first-order valence-electron chi connectivity index (χ1n) is 14.2. The average Bonchev–Trinajstić information content (AvgIpc) is 3.72. The van der Waals surface area contributed by atoms with Crippen LogP contribution in [0.2, 0.25) is 5.02 Å². The Kier molecular flexibility index (Phi) is 7.05. The molecule has 3 aliphatic rings. The van der Waals surface area contributed by atoms with E-state index in [-0.39, 0.29) is 30.8 Å². The van der Waals surface area contributed by atoms with E-state index in [9.17, 15) is 13.9 Å². The molecule has 3 aromatic rings. The molecule has 1 aliphatic heterocycles. The normalized spacial score (nSPS) is 23.3. The predicted molar refractivity (Wildman–Crippen MR) is 156 cm³/mol. The van der Waals surface area contributed by atoms with E-state index in [0.717, 1.165) is 82.9 Å². The summed E-state index contributed by atoms with van der Waals surface area (Å²) in [4.78, 5) is 6.80. The molecule has 206 valence electrons. The Labute approximate surface area is 234 Å². The van der Waals surface area contributed by atoms with Crippen molar-refractivity contribution in [2.75, 3.05) is 18.4 Å². The number of anilines is 1. The van der Waals surface area contributed by atoms with E-state index in [1.807, 2.05) is 42.3 Å². The maximum absolute atomic E-state index is 13.8. The number of fused-ring (bicyclic) bond motifs is 1. The number of pyridine rings is 1. The van der Waals surface area contributed by atoms with Gasteiger partial charge in [-0.1, -0.05) is 31.2 Å². The Hall–Kier alpha value is -2.70. The van der Waals surface area contributed by atoms with E-state index in [2.05, 4.69) is 18.0 Å². The number of halogens is 3. The van der Waals surface area contributed by atoms with E-state index in [4.69, 9.17) is 16.6 Å². The molecule has 2 aliphatic carbocycles. The number of hydrogen-bond acceptors (Lipinski definition) is 4. The minimum Gasteiger partial charge on any atom is -0.506 e. The summed E-state index contributed by atoms with van der Waals surface area (Å²) in [6, 6.07) is 10.6. The Balaban J connectivity index is 1.32. The number of aromatic nitrogens is 1. The van der Waals surface area contributed by atoms with Gasteiger partial charge in [-0.15, -0.1) is 0 Å². The van der Waals surface area contributed by atoms with E-state index in [1.165, 1.54) is 0 Å². The van der Waals surface area contributed by atoms with Crippen molar-refractivity contribution >= 4 is 33.8 Å². The summed E-state index contributed by atoms with van der Waals surface area (Å²) in [5.74, 6) is -1.90. The van der Waals surface area contributed by atoms with Crippen LogP contribution in [-0.4, -0.2) is 46.1 Å². The van der Waals surface area contributed by atoms with Crippen LogP contribution in [0.4, 0.5) is 14.5 Å². The average molecular weight is 552 g/mol. The van der Waals surface area contributed by atoms with Crippen molar-refractivity contribution in [3.63, 3.8) is 0 Å². The van der Waals surface area contributed by atoms with Gasteiger partial charge in [-0.05, 0) is 97.4 Å². The third kappa shape index (κ3) is 5.38. The summed E-state index contributed by atoms with van der Waals surface area (Å²) in [6.07, 6.45) is 8.67. The monoisotopic (exact) mass is 551 g/mol. The summed E-state index contributed by atoms with van der Waals surface area (Å²) in [5.41, 5.74) is 6.96. The van der Waals surface area contributed by atoms with E-state index in [0.29, 0.717) is 23.9 Å². The Morgan fingerprint density at radius 3 is 2.56 bits per heavy atom. The van der Waals surface area contributed by atoms with Crippen LogP contribution in [0.5, 0.6) is 5.75 Å². The molecule has 2 aromatic carbocycles. The van der Waals surface area contributed by atoms with Crippen molar-refractivity contribution in [3.8, 4) is 16.9 Å². The zero-order chi connectivity index (χ0) is 27.3. The van der Waals surface area contributed by atoms with Gasteiger partial charge in [0, 0.05) is 42.2 Å². The van der Waals surface area contributed by atoms with Crippen molar-refractivity contribution in [3.05, 3.63) is 59.3 Å². The second-order valence-corrected chi connectivity index (χ2v) is 12.0. The summed E-state index contributed by atoms with van der Waals surface area (Å²) in [5, 5.41) is 15.6. The Bertz CT molecular complexity index is 1410. The molecule has 2 saturated carbocycles. The molecular formula is C32H36ClF2N3O. The van der Waals surface area contributed by atoms with Crippen LogP contribution in [0.1, 0.15) is 63.0 Å². The number of phenolic OH excluding ortho intramolecular Hbond substituents is 1. The van der Waals surface area contributed by atoms with Crippen LogP contribution in [0.3, 0.4) is 0 Å². The molecule has 39 heavy (non-hydrogen) atoms. The highest BCUT2D eigenvalue weighted by Crippen LogP contribution is 2.45. The van der Waals surface area contributed by atoms with Gasteiger partial charge in [-0.2, -0.15) is 0 Å². The van der Waals surface area contributed by atoms with Gasteiger partial charge in [0.2, 0.25) is 0 Å². The number of allylic oxidation sites excluding steroid dienone is 1. The second-order valence-electron chi connectivity index (χ2n) is 11.6. The van der Waals surface area contributed by atoms with Gasteiger partial charge in [0.1, 0.15) is 5.75 Å². The maximum Gasteiger partial charge on any atom is 0.261 e. The van der Waals surface area contributed by atoms with Crippen LogP contribution in [0.25, 0.3) is 27.6 Å². The number of nitrogens with zero attached hydrogens (tertiary/aromatic N) is 2. The molecule has 2 N–H and O–H groups in total. The van der Waals surface area contributed by atoms with Crippen molar-refractivity contribution in [1.82, 2.24) is 9.88 Å². The van der Waals surface area contributed by atoms with Gasteiger partial charge < -0.3 is 10.4 Å². The summed E-state index contributed by atoms with van der Waals surface area (Å²) in [7, 11) is 0. The van der Waals surface area contributed by atoms with Crippen molar-refractivity contribution < 1.29 is 13.9 Å². The van der Waals surface area contributed by atoms with Crippen molar-refractivity contribution in [2.24, 2.45) is 5.92 Å². The molecule has 0 spiro atoms. The molecule has 0 amide bonds. The summed E-state index contributed by atoms with van der Waals surface area (Å²) in [6.45, 7) is 6.85. The van der Waals surface area contributed by atoms with Gasteiger partial charge >= 0.3 is 0 Å². The first kappa shape index (κ1) is 26.5. The highest BCUT2D eigenvalue weighted by Gasteiger charge is 2.41. The molecule has 4 nitrogen and oxygen atoms in total. The zero-order valence-corrected chi connectivity index (χ0v) is 23.2. The zero-order valence-electron chi connectivity index (χ0n) is 22.4. The SMILES string of the molecule is C=C(c1cnc2ccc(-c3cc(Cl)c(O)c(CC)c3)cc2c1NC1CCC(N2CCC(F)(F)C2)CC1)C1CC1. The number of phenols is 1. The lowest BCUT2D eigenvalue weighted by molar-refractivity contribution is 0.00535. The van der Waals surface area contributed by atoms with Crippen LogP contribution < -0.4 is 5.32 Å². The molecule has 1 aromatic heterocycles. The summed E-state index contributed by atoms with van der Waals surface area (Å²) >= 11 is 6.38. The smallest absolute Gasteiger partial charge is 0.261 e. The van der Waals surface area contributed by atoms with E-state index in [1.54, 1.807) is 0 Å². The van der Waals surface area contributed by atoms with Gasteiger partial charge in [-0.25, -0.2) is 8.78 Å². The van der Waals surface area contributed by atoms with Crippen molar-refractivity contribution in [2.45, 2.75) is 76.3 Å². The molecule has 0 bridgehead atoms. The van der Waals surface area contributed by atoms with Gasteiger partial charge in [0.15, 0.2) is 0 Å². The number of nitrogens with one attached hydrogen (secondary N) is 1. The number of rotatable bonds is 7. The highest BCUT2D eigenvalue weighted by atomic mass is 35.5. The fraction of sp³-hybridized carbons (Fsp3) is 0.469. The topological polar surface area (TPSA) is 48.4 Å². The fourth-order valence-corrected chi connectivity index (χ4v) is 6.62. The first-order chi connectivity index (χ1) is 18.7.